The highest BCUT2D eigenvalue weighted by Gasteiger charge is 2.31. The van der Waals surface area contributed by atoms with E-state index >= 15 is 0 Å². The Morgan fingerprint density at radius 3 is 2.77 bits per heavy atom. The molecule has 6 rings (SSSR count). The summed E-state index contributed by atoms with van der Waals surface area (Å²) in [6, 6.07) is 4.52. The van der Waals surface area contributed by atoms with Gasteiger partial charge in [-0.3, -0.25) is 0 Å². The van der Waals surface area contributed by atoms with E-state index in [0.717, 1.165) is 88.9 Å². The van der Waals surface area contributed by atoms with Crippen molar-refractivity contribution in [2.45, 2.75) is 52.6 Å². The van der Waals surface area contributed by atoms with Gasteiger partial charge in [0.1, 0.15) is 11.6 Å². The monoisotopic (exact) mass is 658 g/mol. The minimum atomic E-state index is 0.222. The molecule has 0 amide bonds. The molecule has 39 heavy (non-hydrogen) atoms. The minimum Gasteiger partial charge on any atom is -0.377 e. The van der Waals surface area contributed by atoms with Crippen molar-refractivity contribution >= 4 is 52.8 Å². The number of hydrogen-bond acceptors (Lipinski definition) is 9. The highest BCUT2D eigenvalue weighted by molar-refractivity contribution is 14.2. The van der Waals surface area contributed by atoms with Crippen molar-refractivity contribution < 1.29 is 4.74 Å². The average Bonchev–Trinajstić information content (AvgIpc) is 3.75. The standard InChI is InChI=1S/C28H35IN8OS/c1-16-5-8-23-26(18(3)34-37(23)39-29)25(16)27-32-22-9-10-35(24(31-4)13-21(30)19-6-7-19)14-20(22)28(33-27)36-11-12-38-15-17(36)2/h5,8,13,17,19,30-31H,6-7,9-12,14-15H2,1-4H3/b24-13+,30-21?. The molecule has 206 valence electrons. The van der Waals surface area contributed by atoms with Crippen LogP contribution in [0.2, 0.25) is 0 Å². The molecule has 1 saturated carbocycles. The second kappa shape index (κ2) is 10.9. The number of morpholine rings is 1. The number of halogens is 1. The summed E-state index contributed by atoms with van der Waals surface area (Å²) >= 11 is 2.28. The highest BCUT2D eigenvalue weighted by atomic mass is 127. The van der Waals surface area contributed by atoms with Crippen LogP contribution in [-0.4, -0.2) is 69.2 Å². The first-order chi connectivity index (χ1) is 18.9. The second-order valence-electron chi connectivity index (χ2n) is 10.8. The Balaban J connectivity index is 1.48. The topological polar surface area (TPSA) is 95.2 Å². The molecule has 2 N–H and O–H groups in total. The van der Waals surface area contributed by atoms with Crippen molar-refractivity contribution in [2.24, 2.45) is 5.92 Å². The SMILES string of the molecule is CN/C(=C\C(=N)C1CC1)N1CCc2nc(-c3c(C)ccc4c3c(C)nn4SI)nc(N3CCOCC3C)c2C1. The molecule has 4 heterocycles. The van der Waals surface area contributed by atoms with Gasteiger partial charge in [0.2, 0.25) is 0 Å². The van der Waals surface area contributed by atoms with Gasteiger partial charge in [-0.15, -0.1) is 0 Å². The molecule has 1 unspecified atom stereocenters. The van der Waals surface area contributed by atoms with Crippen LogP contribution in [0.3, 0.4) is 0 Å². The summed E-state index contributed by atoms with van der Waals surface area (Å²) in [6.45, 7) is 10.2. The molecule has 9 nitrogen and oxygen atoms in total. The maximum absolute atomic E-state index is 8.48. The number of rotatable bonds is 7. The van der Waals surface area contributed by atoms with Gasteiger partial charge in [-0.2, -0.15) is 9.19 Å². The number of allylic oxidation sites excluding steroid dienone is 1. The largest absolute Gasteiger partial charge is 0.377 e. The second-order valence-corrected chi connectivity index (χ2v) is 12.4. The van der Waals surface area contributed by atoms with Gasteiger partial charge in [0.15, 0.2) is 5.82 Å². The van der Waals surface area contributed by atoms with Crippen molar-refractivity contribution in [2.75, 3.05) is 38.3 Å². The van der Waals surface area contributed by atoms with Gasteiger partial charge in [-0.25, -0.2) is 9.97 Å². The Kier molecular flexibility index (Phi) is 7.49. The molecule has 11 heteroatoms. The normalized spacial score (nSPS) is 19.9. The van der Waals surface area contributed by atoms with Crippen molar-refractivity contribution in [1.82, 2.24) is 29.4 Å². The van der Waals surface area contributed by atoms with E-state index in [-0.39, 0.29) is 6.04 Å². The van der Waals surface area contributed by atoms with Gasteiger partial charge in [-0.1, -0.05) is 6.07 Å². The lowest BCUT2D eigenvalue weighted by Gasteiger charge is -2.39. The summed E-state index contributed by atoms with van der Waals surface area (Å²) in [7, 11) is 3.52. The lowest BCUT2D eigenvalue weighted by Crippen LogP contribution is -2.46. The lowest BCUT2D eigenvalue weighted by atomic mass is 9.99. The van der Waals surface area contributed by atoms with Crippen LogP contribution in [0.5, 0.6) is 0 Å². The molecule has 3 aliphatic rings. The fourth-order valence-corrected chi connectivity index (χ4v) is 7.06. The first-order valence-corrected chi connectivity index (χ1v) is 17.0. The molecule has 1 saturated heterocycles. The maximum atomic E-state index is 8.48. The van der Waals surface area contributed by atoms with Crippen LogP contribution in [0.25, 0.3) is 22.3 Å². The summed E-state index contributed by atoms with van der Waals surface area (Å²) < 4.78 is 7.77. The van der Waals surface area contributed by atoms with Crippen LogP contribution in [0.1, 0.15) is 42.3 Å². The Morgan fingerprint density at radius 2 is 2.05 bits per heavy atom. The van der Waals surface area contributed by atoms with E-state index in [4.69, 9.17) is 25.2 Å². The molecule has 2 aliphatic heterocycles. The number of aryl methyl sites for hydroxylation is 2. The fourth-order valence-electron chi connectivity index (χ4n) is 5.78. The number of fused-ring (bicyclic) bond motifs is 2. The zero-order valence-corrected chi connectivity index (χ0v) is 25.9. The van der Waals surface area contributed by atoms with Crippen LogP contribution < -0.4 is 10.2 Å². The summed E-state index contributed by atoms with van der Waals surface area (Å²) in [5.74, 6) is 3.21. The quantitative estimate of drug-likeness (QED) is 0.270. The molecule has 1 atom stereocenters. The van der Waals surface area contributed by atoms with Crippen LogP contribution in [0.15, 0.2) is 24.0 Å². The Labute approximate surface area is 246 Å². The summed E-state index contributed by atoms with van der Waals surface area (Å²) in [5, 5.41) is 17.7. The summed E-state index contributed by atoms with van der Waals surface area (Å²) in [4.78, 5) is 15.3. The third-order valence-corrected chi connectivity index (χ3v) is 9.60. The van der Waals surface area contributed by atoms with E-state index < -0.39 is 0 Å². The predicted molar refractivity (Wildman–Crippen MR) is 167 cm³/mol. The highest BCUT2D eigenvalue weighted by Crippen LogP contribution is 2.38. The number of hydrogen-bond donors (Lipinski definition) is 2. The zero-order chi connectivity index (χ0) is 27.3. The molecule has 1 aromatic carbocycles. The van der Waals surface area contributed by atoms with E-state index in [9.17, 15) is 0 Å². The van der Waals surface area contributed by atoms with Crippen molar-refractivity contribution in [3.05, 3.63) is 46.5 Å². The Hall–Kier alpha value is -2.38. The van der Waals surface area contributed by atoms with Crippen molar-refractivity contribution in [3.63, 3.8) is 0 Å². The molecule has 0 spiro atoms. The smallest absolute Gasteiger partial charge is 0.162 e. The third-order valence-electron chi connectivity index (χ3n) is 8.07. The number of nitrogens with zero attached hydrogens (tertiary/aromatic N) is 6. The Bertz CT molecular complexity index is 1470. The van der Waals surface area contributed by atoms with Crippen LogP contribution >= 0.6 is 30.3 Å². The first-order valence-electron chi connectivity index (χ1n) is 13.6. The molecule has 1 aliphatic carbocycles. The number of anilines is 1. The number of benzene rings is 1. The average molecular weight is 659 g/mol. The van der Waals surface area contributed by atoms with Gasteiger partial charge in [0.05, 0.1) is 36.2 Å². The van der Waals surface area contributed by atoms with E-state index in [1.807, 2.05) is 17.2 Å². The molecular formula is C28H35IN8OS. The molecule has 3 aromatic rings. The fraction of sp³-hybridized carbons (Fsp3) is 0.500. The minimum absolute atomic E-state index is 0.222. The molecule has 2 fully saturated rings. The van der Waals surface area contributed by atoms with Crippen LogP contribution in [0.4, 0.5) is 5.82 Å². The number of nitrogens with one attached hydrogen (secondary N) is 2. The number of ether oxygens (including phenoxy) is 1. The molecule has 0 radical (unpaired) electrons. The van der Waals surface area contributed by atoms with Gasteiger partial charge in [0, 0.05) is 91.6 Å². The molecule has 0 bridgehead atoms. The maximum Gasteiger partial charge on any atom is 0.162 e. The third kappa shape index (κ3) is 5.01. The molecular weight excluding hydrogens is 623 g/mol. The van der Waals surface area contributed by atoms with E-state index in [0.29, 0.717) is 25.7 Å². The summed E-state index contributed by atoms with van der Waals surface area (Å²) in [6.07, 6.45) is 5.10. The van der Waals surface area contributed by atoms with Crippen LogP contribution in [-0.2, 0) is 17.7 Å². The van der Waals surface area contributed by atoms with E-state index in [2.05, 4.69) is 69.2 Å². The van der Waals surface area contributed by atoms with Gasteiger partial charge < -0.3 is 25.3 Å². The number of aromatic nitrogens is 4. The Morgan fingerprint density at radius 1 is 1.23 bits per heavy atom. The van der Waals surface area contributed by atoms with Crippen molar-refractivity contribution in [1.29, 1.82) is 5.41 Å². The first kappa shape index (κ1) is 26.8. The van der Waals surface area contributed by atoms with Gasteiger partial charge in [-0.05, 0) is 51.3 Å². The van der Waals surface area contributed by atoms with Gasteiger partial charge >= 0.3 is 0 Å². The molecule has 2 aromatic heterocycles. The van der Waals surface area contributed by atoms with Gasteiger partial charge in [0.25, 0.3) is 0 Å². The van der Waals surface area contributed by atoms with Crippen molar-refractivity contribution in [3.8, 4) is 11.4 Å². The lowest BCUT2D eigenvalue weighted by molar-refractivity contribution is 0.0983. The summed E-state index contributed by atoms with van der Waals surface area (Å²) in [5.41, 5.74) is 7.32. The van der Waals surface area contributed by atoms with Crippen LogP contribution in [0, 0.1) is 25.2 Å². The van der Waals surface area contributed by atoms with E-state index in [1.54, 1.807) is 9.12 Å². The zero-order valence-electron chi connectivity index (χ0n) is 22.9. The van der Waals surface area contributed by atoms with E-state index in [1.165, 1.54) is 5.56 Å². The predicted octanol–water partition coefficient (Wildman–Crippen LogP) is 5.03.